The van der Waals surface area contributed by atoms with E-state index in [1.807, 2.05) is 35.7 Å². The Morgan fingerprint density at radius 1 is 1.37 bits per heavy atom. The third-order valence-electron chi connectivity index (χ3n) is 2.88. The standard InChI is InChI=1S/C14H11BrN2OS/c15-9-5-10(19-8-9)6-17-14(18)12-7-16-13-4-2-1-3-11(12)13/h1-5,7-8,16H,6H2,(H,17,18). The molecule has 0 aliphatic carbocycles. The Hall–Kier alpha value is -1.59. The second kappa shape index (κ2) is 5.19. The van der Waals surface area contributed by atoms with E-state index in [1.165, 1.54) is 0 Å². The van der Waals surface area contributed by atoms with Gasteiger partial charge in [-0.1, -0.05) is 18.2 Å². The fraction of sp³-hybridized carbons (Fsp3) is 0.0714. The number of aromatic amines is 1. The maximum absolute atomic E-state index is 12.2. The van der Waals surface area contributed by atoms with Crippen molar-refractivity contribution in [2.75, 3.05) is 0 Å². The van der Waals surface area contributed by atoms with Crippen LogP contribution in [0.1, 0.15) is 15.2 Å². The van der Waals surface area contributed by atoms with Crippen molar-refractivity contribution in [3.63, 3.8) is 0 Å². The molecule has 2 N–H and O–H groups in total. The largest absolute Gasteiger partial charge is 0.360 e. The summed E-state index contributed by atoms with van der Waals surface area (Å²) in [5, 5.41) is 5.90. The van der Waals surface area contributed by atoms with Gasteiger partial charge in [0, 0.05) is 31.8 Å². The maximum Gasteiger partial charge on any atom is 0.253 e. The predicted molar refractivity (Wildman–Crippen MR) is 81.5 cm³/mol. The molecule has 0 fully saturated rings. The Bertz CT molecular complexity index is 732. The molecule has 19 heavy (non-hydrogen) atoms. The van der Waals surface area contributed by atoms with Gasteiger partial charge < -0.3 is 10.3 Å². The Labute approximate surface area is 122 Å². The smallest absolute Gasteiger partial charge is 0.253 e. The number of para-hydroxylation sites is 1. The zero-order valence-electron chi connectivity index (χ0n) is 9.94. The van der Waals surface area contributed by atoms with Gasteiger partial charge in [0.2, 0.25) is 0 Å². The van der Waals surface area contributed by atoms with E-state index in [2.05, 4.69) is 26.2 Å². The lowest BCUT2D eigenvalue weighted by Crippen LogP contribution is -2.21. The molecule has 0 bridgehead atoms. The Kier molecular flexibility index (Phi) is 3.40. The molecule has 0 unspecified atom stereocenters. The van der Waals surface area contributed by atoms with Crippen LogP contribution in [0.15, 0.2) is 46.4 Å². The van der Waals surface area contributed by atoms with Gasteiger partial charge >= 0.3 is 0 Å². The molecule has 1 aromatic carbocycles. The summed E-state index contributed by atoms with van der Waals surface area (Å²) in [5.41, 5.74) is 1.66. The van der Waals surface area contributed by atoms with Crippen LogP contribution in [-0.4, -0.2) is 10.9 Å². The molecule has 2 aromatic heterocycles. The Balaban J connectivity index is 1.77. The highest BCUT2D eigenvalue weighted by Gasteiger charge is 2.11. The third kappa shape index (κ3) is 2.57. The van der Waals surface area contributed by atoms with Crippen LogP contribution in [0.4, 0.5) is 0 Å². The SMILES string of the molecule is O=C(NCc1cc(Br)cs1)c1c[nH]c2ccccc12. The van der Waals surface area contributed by atoms with E-state index in [4.69, 9.17) is 0 Å². The van der Waals surface area contributed by atoms with Crippen LogP contribution in [0.2, 0.25) is 0 Å². The second-order valence-corrected chi connectivity index (χ2v) is 6.07. The number of hydrogen-bond donors (Lipinski definition) is 2. The van der Waals surface area contributed by atoms with Crippen LogP contribution in [0.3, 0.4) is 0 Å². The predicted octanol–water partition coefficient (Wildman–Crippen LogP) is 3.92. The number of carbonyl (C=O) groups excluding carboxylic acids is 1. The minimum absolute atomic E-state index is 0.0537. The van der Waals surface area contributed by atoms with Gasteiger partial charge in [-0.2, -0.15) is 0 Å². The summed E-state index contributed by atoms with van der Waals surface area (Å²) in [7, 11) is 0. The lowest BCUT2D eigenvalue weighted by atomic mass is 10.1. The number of nitrogens with one attached hydrogen (secondary N) is 2. The molecule has 0 saturated heterocycles. The van der Waals surface area contributed by atoms with Gasteiger partial charge in [-0.25, -0.2) is 0 Å². The van der Waals surface area contributed by atoms with Gasteiger partial charge in [0.15, 0.2) is 0 Å². The van der Waals surface area contributed by atoms with E-state index in [9.17, 15) is 4.79 Å². The first kappa shape index (κ1) is 12.4. The molecular weight excluding hydrogens is 324 g/mol. The van der Waals surface area contributed by atoms with E-state index < -0.39 is 0 Å². The molecule has 0 spiro atoms. The highest BCUT2D eigenvalue weighted by molar-refractivity contribution is 9.10. The fourth-order valence-corrected chi connectivity index (χ4v) is 3.36. The molecule has 0 saturated carbocycles. The van der Waals surface area contributed by atoms with Crippen LogP contribution in [0.5, 0.6) is 0 Å². The number of hydrogen-bond acceptors (Lipinski definition) is 2. The van der Waals surface area contributed by atoms with E-state index >= 15 is 0 Å². The van der Waals surface area contributed by atoms with Crippen molar-refractivity contribution >= 4 is 44.1 Å². The zero-order valence-corrected chi connectivity index (χ0v) is 12.3. The minimum Gasteiger partial charge on any atom is -0.360 e. The molecule has 0 aliphatic rings. The zero-order chi connectivity index (χ0) is 13.2. The average Bonchev–Trinajstić information content (AvgIpc) is 3.02. The van der Waals surface area contributed by atoms with Crippen LogP contribution >= 0.6 is 27.3 Å². The van der Waals surface area contributed by atoms with Crippen molar-refractivity contribution < 1.29 is 4.79 Å². The number of fused-ring (bicyclic) bond motifs is 1. The Morgan fingerprint density at radius 2 is 2.21 bits per heavy atom. The van der Waals surface area contributed by atoms with E-state index in [1.54, 1.807) is 17.5 Å². The number of thiophene rings is 1. The van der Waals surface area contributed by atoms with Crippen LogP contribution < -0.4 is 5.32 Å². The van der Waals surface area contributed by atoms with Crippen molar-refractivity contribution in [3.8, 4) is 0 Å². The van der Waals surface area contributed by atoms with Crippen molar-refractivity contribution in [2.24, 2.45) is 0 Å². The number of aromatic nitrogens is 1. The monoisotopic (exact) mass is 334 g/mol. The topological polar surface area (TPSA) is 44.9 Å². The lowest BCUT2D eigenvalue weighted by molar-refractivity contribution is 0.0953. The van der Waals surface area contributed by atoms with Crippen molar-refractivity contribution in [2.45, 2.75) is 6.54 Å². The molecule has 3 aromatic rings. The van der Waals surface area contributed by atoms with Crippen LogP contribution in [-0.2, 0) is 6.54 Å². The van der Waals surface area contributed by atoms with Gasteiger partial charge in [0.25, 0.3) is 5.91 Å². The van der Waals surface area contributed by atoms with Gasteiger partial charge in [0.05, 0.1) is 12.1 Å². The quantitative estimate of drug-likeness (QED) is 0.749. The lowest BCUT2D eigenvalue weighted by Gasteiger charge is -2.02. The fourth-order valence-electron chi connectivity index (χ4n) is 1.97. The maximum atomic E-state index is 12.2. The molecule has 2 heterocycles. The summed E-state index contributed by atoms with van der Waals surface area (Å²) in [6.45, 7) is 0.550. The molecule has 5 heteroatoms. The number of halogens is 1. The molecule has 0 radical (unpaired) electrons. The molecule has 3 rings (SSSR count). The van der Waals surface area contributed by atoms with Crippen molar-refractivity contribution in [1.29, 1.82) is 0 Å². The van der Waals surface area contributed by atoms with Gasteiger partial charge in [0.1, 0.15) is 0 Å². The molecule has 0 atom stereocenters. The van der Waals surface area contributed by atoms with E-state index in [0.29, 0.717) is 12.1 Å². The number of H-pyrrole nitrogens is 1. The summed E-state index contributed by atoms with van der Waals surface area (Å²) in [6, 6.07) is 9.80. The number of rotatable bonds is 3. The average molecular weight is 335 g/mol. The summed E-state index contributed by atoms with van der Waals surface area (Å²) in [5.74, 6) is -0.0537. The number of amides is 1. The second-order valence-electron chi connectivity index (χ2n) is 4.16. The van der Waals surface area contributed by atoms with Gasteiger partial charge in [-0.15, -0.1) is 11.3 Å². The Morgan fingerprint density at radius 3 is 3.00 bits per heavy atom. The normalized spacial score (nSPS) is 10.8. The van der Waals surface area contributed by atoms with Crippen LogP contribution in [0, 0.1) is 0 Å². The molecule has 0 aliphatic heterocycles. The molecule has 1 amide bonds. The molecular formula is C14H11BrN2OS. The summed E-state index contributed by atoms with van der Waals surface area (Å²) in [6.07, 6.45) is 1.75. The van der Waals surface area contributed by atoms with Gasteiger partial charge in [-0.05, 0) is 28.1 Å². The molecule has 96 valence electrons. The van der Waals surface area contributed by atoms with Gasteiger partial charge in [-0.3, -0.25) is 4.79 Å². The first-order valence-electron chi connectivity index (χ1n) is 5.81. The third-order valence-corrected chi connectivity index (χ3v) is 4.58. The summed E-state index contributed by atoms with van der Waals surface area (Å²) < 4.78 is 1.05. The minimum atomic E-state index is -0.0537. The molecule has 3 nitrogen and oxygen atoms in total. The number of carbonyl (C=O) groups is 1. The first-order chi connectivity index (χ1) is 9.24. The summed E-state index contributed by atoms with van der Waals surface area (Å²) in [4.78, 5) is 16.4. The highest BCUT2D eigenvalue weighted by Crippen LogP contribution is 2.20. The van der Waals surface area contributed by atoms with E-state index in [0.717, 1.165) is 20.3 Å². The van der Waals surface area contributed by atoms with E-state index in [-0.39, 0.29) is 5.91 Å². The van der Waals surface area contributed by atoms with Crippen LogP contribution in [0.25, 0.3) is 10.9 Å². The number of benzene rings is 1. The van der Waals surface area contributed by atoms with Crippen molar-refractivity contribution in [3.05, 3.63) is 56.8 Å². The highest BCUT2D eigenvalue weighted by atomic mass is 79.9. The van der Waals surface area contributed by atoms with Crippen molar-refractivity contribution in [1.82, 2.24) is 10.3 Å². The summed E-state index contributed by atoms with van der Waals surface area (Å²) >= 11 is 5.03. The first-order valence-corrected chi connectivity index (χ1v) is 7.48.